The summed E-state index contributed by atoms with van der Waals surface area (Å²) in [5.41, 5.74) is 4.52. The zero-order chi connectivity index (χ0) is 25.9. The van der Waals surface area contributed by atoms with E-state index < -0.39 is 54.9 Å². The van der Waals surface area contributed by atoms with Gasteiger partial charge in [-0.1, -0.05) is 6.07 Å². The predicted molar refractivity (Wildman–Crippen MR) is 122 cm³/mol. The maximum atomic E-state index is 15.3. The van der Waals surface area contributed by atoms with Crippen molar-refractivity contribution < 1.29 is 36.9 Å². The smallest absolute Gasteiger partial charge is 0.283 e. The topological polar surface area (TPSA) is 118 Å². The van der Waals surface area contributed by atoms with Gasteiger partial charge in [-0.15, -0.1) is 0 Å². The van der Waals surface area contributed by atoms with E-state index in [1.165, 1.54) is 12.1 Å². The van der Waals surface area contributed by atoms with Crippen molar-refractivity contribution in [1.29, 1.82) is 0 Å². The Morgan fingerprint density at radius 1 is 1.25 bits per heavy atom. The van der Waals surface area contributed by atoms with Crippen LogP contribution in [-0.4, -0.2) is 66.8 Å². The first kappa shape index (κ1) is 25.8. The highest BCUT2D eigenvalue weighted by Crippen LogP contribution is 2.48. The molecule has 0 spiro atoms. The molecule has 12 heteroatoms. The van der Waals surface area contributed by atoms with Crippen molar-refractivity contribution >= 4 is 11.8 Å². The van der Waals surface area contributed by atoms with Crippen LogP contribution in [0, 0.1) is 11.7 Å². The zero-order valence-electron chi connectivity index (χ0n) is 19.8. The minimum Gasteiger partial charge on any atom is -0.459 e. The second-order valence-corrected chi connectivity index (χ2v) is 8.56. The maximum Gasteiger partial charge on any atom is 0.283 e. The first-order chi connectivity index (χ1) is 17.3. The van der Waals surface area contributed by atoms with Crippen LogP contribution in [-0.2, 0) is 26.2 Å². The Balaban J connectivity index is 1.68. The van der Waals surface area contributed by atoms with Crippen LogP contribution >= 0.6 is 0 Å². The van der Waals surface area contributed by atoms with Crippen LogP contribution < -0.4 is 10.5 Å². The maximum absolute atomic E-state index is 15.3. The lowest BCUT2D eigenvalue weighted by molar-refractivity contribution is -0.0311. The summed E-state index contributed by atoms with van der Waals surface area (Å²) in [6.45, 7) is 1.98. The Hall–Kier alpha value is -3.25. The molecule has 0 unspecified atom stereocenters. The molecule has 5 atom stereocenters. The monoisotopic (exact) mass is 508 g/mol. The average Bonchev–Trinajstić information content (AvgIpc) is 3.19. The van der Waals surface area contributed by atoms with E-state index in [1.807, 2.05) is 6.92 Å². The van der Waals surface area contributed by atoms with Crippen molar-refractivity contribution in [3.8, 4) is 5.88 Å². The Morgan fingerprint density at radius 2 is 2.06 bits per heavy atom. The number of aliphatic imine (C=N–C) groups is 1. The van der Waals surface area contributed by atoms with Gasteiger partial charge in [0.15, 0.2) is 5.78 Å². The molecule has 194 valence electrons. The molecule has 1 saturated heterocycles. The van der Waals surface area contributed by atoms with Gasteiger partial charge in [-0.05, 0) is 31.5 Å². The van der Waals surface area contributed by atoms with Crippen molar-refractivity contribution in [3.05, 3.63) is 53.2 Å². The SMILES string of the molecule is CCOC[C@@H]1O[C@H](C)[C@H]2OC(N)=N[C@](CF)(c3cc(CC(=O)c4cnc(OCF)cn4)ccc3F)[C@H]21. The number of ketones is 1. The van der Waals surface area contributed by atoms with E-state index in [9.17, 15) is 13.6 Å². The molecule has 1 aromatic heterocycles. The summed E-state index contributed by atoms with van der Waals surface area (Å²) in [5, 5.41) is 0. The van der Waals surface area contributed by atoms with Gasteiger partial charge in [0.2, 0.25) is 12.7 Å². The van der Waals surface area contributed by atoms with E-state index >= 15 is 4.39 Å². The van der Waals surface area contributed by atoms with Crippen LogP contribution in [0.25, 0.3) is 0 Å². The minimum atomic E-state index is -1.74. The van der Waals surface area contributed by atoms with Gasteiger partial charge in [0.1, 0.15) is 29.8 Å². The summed E-state index contributed by atoms with van der Waals surface area (Å²) < 4.78 is 64.3. The quantitative estimate of drug-likeness (QED) is 0.487. The van der Waals surface area contributed by atoms with E-state index in [1.54, 1.807) is 6.92 Å². The molecule has 2 aliphatic rings. The van der Waals surface area contributed by atoms with Gasteiger partial charge in [-0.2, -0.15) is 0 Å². The van der Waals surface area contributed by atoms with Crippen LogP contribution in [0.15, 0.2) is 35.6 Å². The average molecular weight is 508 g/mol. The van der Waals surface area contributed by atoms with Gasteiger partial charge in [-0.25, -0.2) is 28.1 Å². The molecule has 1 aromatic carbocycles. The zero-order valence-corrected chi connectivity index (χ0v) is 19.8. The summed E-state index contributed by atoms with van der Waals surface area (Å²) in [5.74, 6) is -1.93. The summed E-state index contributed by atoms with van der Waals surface area (Å²) in [4.78, 5) is 24.8. The highest BCUT2D eigenvalue weighted by molar-refractivity contribution is 5.95. The lowest BCUT2D eigenvalue weighted by Crippen LogP contribution is -2.54. The Kier molecular flexibility index (Phi) is 7.74. The summed E-state index contributed by atoms with van der Waals surface area (Å²) >= 11 is 0. The van der Waals surface area contributed by atoms with Gasteiger partial charge in [-0.3, -0.25) is 4.79 Å². The largest absolute Gasteiger partial charge is 0.459 e. The van der Waals surface area contributed by atoms with E-state index in [-0.39, 0.29) is 36.2 Å². The standard InChI is InChI=1S/C24H27F3N4O5/c1-3-33-10-19-21-22(13(2)35-19)36-23(28)31-24(21,11-25)15-6-14(4-5-16(15)27)7-18(32)17-8-30-20(9-29-17)34-12-26/h4-6,8-9,13,19,21-22H,3,7,10-12H2,1-2H3,(H2,28,31)/t13-,19+,21+,22-,24-/m1/s1. The first-order valence-corrected chi connectivity index (χ1v) is 11.5. The molecule has 36 heavy (non-hydrogen) atoms. The number of amidine groups is 1. The summed E-state index contributed by atoms with van der Waals surface area (Å²) in [6, 6.07) is 3.71. The molecule has 2 aliphatic heterocycles. The molecule has 9 nitrogen and oxygen atoms in total. The normalized spacial score (nSPS) is 27.2. The molecule has 0 saturated carbocycles. The fraction of sp³-hybridized carbons (Fsp3) is 0.500. The molecule has 0 radical (unpaired) electrons. The molecule has 0 bridgehead atoms. The Bertz CT molecular complexity index is 1120. The van der Waals surface area contributed by atoms with Crippen LogP contribution in [0.2, 0.25) is 0 Å². The molecular weight excluding hydrogens is 481 g/mol. The molecule has 3 heterocycles. The molecule has 0 aliphatic carbocycles. The minimum absolute atomic E-state index is 0.00970. The number of nitrogens with two attached hydrogens (primary N) is 1. The van der Waals surface area contributed by atoms with E-state index in [0.717, 1.165) is 18.5 Å². The number of ether oxygens (including phenoxy) is 4. The van der Waals surface area contributed by atoms with Crippen molar-refractivity contribution in [3.63, 3.8) is 0 Å². The molecular formula is C24H27F3N4O5. The second kappa shape index (κ2) is 10.8. The fourth-order valence-electron chi connectivity index (χ4n) is 4.82. The van der Waals surface area contributed by atoms with Crippen molar-refractivity contribution in [2.75, 3.05) is 26.7 Å². The predicted octanol–water partition coefficient (Wildman–Crippen LogP) is 2.67. The third-order valence-electron chi connectivity index (χ3n) is 6.39. The number of halogens is 3. The number of benzene rings is 1. The van der Waals surface area contributed by atoms with Gasteiger partial charge in [0.25, 0.3) is 6.02 Å². The molecule has 0 amide bonds. The lowest BCUT2D eigenvalue weighted by atomic mass is 9.72. The number of hydrogen-bond donors (Lipinski definition) is 1. The molecule has 2 aromatic rings. The Labute approximate surface area is 205 Å². The first-order valence-electron chi connectivity index (χ1n) is 11.5. The van der Waals surface area contributed by atoms with Crippen molar-refractivity contribution in [1.82, 2.24) is 9.97 Å². The number of fused-ring (bicyclic) bond motifs is 1. The van der Waals surface area contributed by atoms with Crippen LogP contribution in [0.4, 0.5) is 13.2 Å². The number of carbonyl (C=O) groups excluding carboxylic acids is 1. The van der Waals surface area contributed by atoms with Gasteiger partial charge in [0, 0.05) is 18.6 Å². The number of Topliss-reactive ketones (excluding diaryl/α,β-unsaturated/α-hetero) is 1. The van der Waals surface area contributed by atoms with Crippen molar-refractivity contribution in [2.24, 2.45) is 16.6 Å². The van der Waals surface area contributed by atoms with E-state index in [2.05, 4.69) is 19.7 Å². The third-order valence-corrected chi connectivity index (χ3v) is 6.39. The fourth-order valence-corrected chi connectivity index (χ4v) is 4.82. The number of alkyl halides is 2. The van der Waals surface area contributed by atoms with Crippen LogP contribution in [0.5, 0.6) is 5.88 Å². The number of nitrogens with zero attached hydrogens (tertiary/aromatic N) is 3. The highest BCUT2D eigenvalue weighted by Gasteiger charge is 2.59. The lowest BCUT2D eigenvalue weighted by Gasteiger charge is -2.42. The Morgan fingerprint density at radius 3 is 2.72 bits per heavy atom. The molecule has 2 N–H and O–H groups in total. The number of hydrogen-bond acceptors (Lipinski definition) is 9. The number of aromatic nitrogens is 2. The van der Waals surface area contributed by atoms with Crippen LogP contribution in [0.1, 0.15) is 35.5 Å². The number of carbonyl (C=O) groups is 1. The molecule has 4 rings (SSSR count). The van der Waals surface area contributed by atoms with E-state index in [4.69, 9.17) is 19.9 Å². The summed E-state index contributed by atoms with van der Waals surface area (Å²) in [7, 11) is 0. The second-order valence-electron chi connectivity index (χ2n) is 8.56. The summed E-state index contributed by atoms with van der Waals surface area (Å²) in [6.07, 6.45) is 0.352. The van der Waals surface area contributed by atoms with Gasteiger partial charge >= 0.3 is 0 Å². The van der Waals surface area contributed by atoms with E-state index in [0.29, 0.717) is 12.2 Å². The highest BCUT2D eigenvalue weighted by atomic mass is 19.1. The van der Waals surface area contributed by atoms with Crippen molar-refractivity contribution in [2.45, 2.75) is 44.1 Å². The third kappa shape index (κ3) is 4.87. The van der Waals surface area contributed by atoms with Crippen LogP contribution in [0.3, 0.4) is 0 Å². The van der Waals surface area contributed by atoms with Gasteiger partial charge in [0.05, 0.1) is 37.1 Å². The van der Waals surface area contributed by atoms with Gasteiger partial charge < -0.3 is 24.7 Å². The molecule has 1 fully saturated rings. The number of rotatable bonds is 10.